The number of hydrazone groups is 1. The molecule has 5 nitrogen and oxygen atoms in total. The van der Waals surface area contributed by atoms with Crippen LogP contribution in [0, 0.1) is 5.82 Å². The second-order valence-electron chi connectivity index (χ2n) is 5.78. The van der Waals surface area contributed by atoms with E-state index in [2.05, 4.69) is 5.10 Å². The predicted molar refractivity (Wildman–Crippen MR) is 91.8 cm³/mol. The summed E-state index contributed by atoms with van der Waals surface area (Å²) in [7, 11) is 0. The maximum absolute atomic E-state index is 12.9. The first-order valence-corrected chi connectivity index (χ1v) is 8.00. The molecule has 1 N–H and O–H groups in total. The Morgan fingerprint density at radius 1 is 1.28 bits per heavy atom. The van der Waals surface area contributed by atoms with Gasteiger partial charge in [0.25, 0.3) is 5.91 Å². The quantitative estimate of drug-likeness (QED) is 0.907. The van der Waals surface area contributed by atoms with E-state index in [1.165, 1.54) is 24.3 Å². The fourth-order valence-corrected chi connectivity index (χ4v) is 2.79. The summed E-state index contributed by atoms with van der Waals surface area (Å²) < 4.78 is 18.3. The van der Waals surface area contributed by atoms with Gasteiger partial charge >= 0.3 is 0 Å². The lowest BCUT2D eigenvalue weighted by Crippen LogP contribution is -2.45. The Morgan fingerprint density at radius 3 is 2.56 bits per heavy atom. The lowest BCUT2D eigenvalue weighted by Gasteiger charge is -2.31. The molecule has 0 fully saturated rings. The monoisotopic (exact) mass is 362 g/mol. The molecule has 0 bridgehead atoms. The first kappa shape index (κ1) is 17.4. The molecule has 0 aromatic heterocycles. The summed E-state index contributed by atoms with van der Waals surface area (Å²) in [5, 5.41) is 16.7. The van der Waals surface area contributed by atoms with Crippen molar-refractivity contribution in [3.8, 4) is 5.75 Å². The van der Waals surface area contributed by atoms with Crippen LogP contribution in [0.5, 0.6) is 5.75 Å². The average Bonchev–Trinajstić information content (AvgIpc) is 2.90. The standard InChI is InChI=1S/C18H16ClFN2O3/c1-12-10-18(24,13-2-4-14(19)5-3-13)22(21-12)17(23)11-25-16-8-6-15(20)7-9-16/h2-9,24H,10-11H2,1H3/t18-/m0/s1. The van der Waals surface area contributed by atoms with Gasteiger partial charge in [-0.15, -0.1) is 0 Å². The lowest BCUT2D eigenvalue weighted by atomic mass is 9.98. The summed E-state index contributed by atoms with van der Waals surface area (Å²) in [5.74, 6) is -0.557. The molecule has 0 saturated heterocycles. The highest BCUT2D eigenvalue weighted by Crippen LogP contribution is 2.35. The van der Waals surface area contributed by atoms with E-state index >= 15 is 0 Å². The lowest BCUT2D eigenvalue weighted by molar-refractivity contribution is -0.159. The number of halogens is 2. The number of nitrogens with zero attached hydrogens (tertiary/aromatic N) is 2. The van der Waals surface area contributed by atoms with Crippen molar-refractivity contribution in [2.24, 2.45) is 5.10 Å². The molecule has 0 saturated carbocycles. The van der Waals surface area contributed by atoms with Crippen molar-refractivity contribution in [1.29, 1.82) is 0 Å². The Morgan fingerprint density at radius 2 is 1.92 bits per heavy atom. The second-order valence-corrected chi connectivity index (χ2v) is 6.22. The molecule has 0 unspecified atom stereocenters. The number of hydrogen-bond donors (Lipinski definition) is 1. The second kappa shape index (κ2) is 6.82. The van der Waals surface area contributed by atoms with Gasteiger partial charge in [0.2, 0.25) is 0 Å². The summed E-state index contributed by atoms with van der Waals surface area (Å²) in [6.07, 6.45) is 0.191. The van der Waals surface area contributed by atoms with Gasteiger partial charge in [0, 0.05) is 22.7 Å². The highest BCUT2D eigenvalue weighted by Gasteiger charge is 2.44. The summed E-state index contributed by atoms with van der Waals surface area (Å²) in [6, 6.07) is 11.9. The summed E-state index contributed by atoms with van der Waals surface area (Å²) in [6.45, 7) is 1.40. The number of rotatable bonds is 4. The number of ether oxygens (including phenoxy) is 1. The third-order valence-electron chi connectivity index (χ3n) is 3.84. The zero-order valence-corrected chi connectivity index (χ0v) is 14.2. The molecule has 3 rings (SSSR count). The Hall–Kier alpha value is -2.44. The molecule has 7 heteroatoms. The first-order chi connectivity index (χ1) is 11.9. The molecule has 2 aromatic carbocycles. The molecule has 1 heterocycles. The Kier molecular flexibility index (Phi) is 4.74. The molecule has 25 heavy (non-hydrogen) atoms. The molecule has 1 atom stereocenters. The van der Waals surface area contributed by atoms with E-state index in [1.54, 1.807) is 31.2 Å². The summed E-state index contributed by atoms with van der Waals surface area (Å²) in [5.41, 5.74) is -0.460. The minimum atomic E-state index is -1.59. The first-order valence-electron chi connectivity index (χ1n) is 7.62. The Balaban J connectivity index is 1.77. The highest BCUT2D eigenvalue weighted by atomic mass is 35.5. The number of amides is 1. The van der Waals surface area contributed by atoms with E-state index in [4.69, 9.17) is 16.3 Å². The average molecular weight is 363 g/mol. The van der Waals surface area contributed by atoms with Crippen molar-refractivity contribution in [1.82, 2.24) is 5.01 Å². The smallest absolute Gasteiger partial charge is 0.283 e. The van der Waals surface area contributed by atoms with Gasteiger partial charge in [0.05, 0.1) is 0 Å². The largest absolute Gasteiger partial charge is 0.484 e. The SMILES string of the molecule is CC1=NN(C(=O)COc2ccc(F)cc2)[C@@](O)(c2ccc(Cl)cc2)C1. The maximum Gasteiger partial charge on any atom is 0.283 e. The zero-order valence-electron chi connectivity index (χ0n) is 13.4. The van der Waals surface area contributed by atoms with Gasteiger partial charge in [-0.05, 0) is 43.3 Å². The van der Waals surface area contributed by atoms with Crippen LogP contribution in [0.4, 0.5) is 4.39 Å². The molecule has 0 aliphatic carbocycles. The van der Waals surface area contributed by atoms with Crippen molar-refractivity contribution in [3.63, 3.8) is 0 Å². The van der Waals surface area contributed by atoms with Crippen molar-refractivity contribution in [2.75, 3.05) is 6.61 Å². The van der Waals surface area contributed by atoms with E-state index in [1.807, 2.05) is 0 Å². The third-order valence-corrected chi connectivity index (χ3v) is 4.09. The molecular formula is C18H16ClFN2O3. The van der Waals surface area contributed by atoms with Crippen LogP contribution in [0.1, 0.15) is 18.9 Å². The van der Waals surface area contributed by atoms with Crippen LogP contribution in [-0.2, 0) is 10.5 Å². The molecule has 1 amide bonds. The van der Waals surface area contributed by atoms with Crippen molar-refractivity contribution in [3.05, 3.63) is 64.9 Å². The molecule has 1 aliphatic heterocycles. The number of carbonyl (C=O) groups is 1. The number of carbonyl (C=O) groups excluding carboxylic acids is 1. The molecule has 2 aromatic rings. The van der Waals surface area contributed by atoms with Crippen molar-refractivity contribution >= 4 is 23.2 Å². The summed E-state index contributed by atoms with van der Waals surface area (Å²) in [4.78, 5) is 12.5. The van der Waals surface area contributed by atoms with E-state index < -0.39 is 17.4 Å². The Labute approximate surface area is 149 Å². The number of aliphatic hydroxyl groups is 1. The van der Waals surface area contributed by atoms with E-state index in [-0.39, 0.29) is 13.0 Å². The van der Waals surface area contributed by atoms with Gasteiger partial charge in [0.1, 0.15) is 11.6 Å². The van der Waals surface area contributed by atoms with Crippen LogP contribution >= 0.6 is 11.6 Å². The van der Waals surface area contributed by atoms with Gasteiger partial charge in [-0.2, -0.15) is 10.1 Å². The minimum Gasteiger partial charge on any atom is -0.484 e. The van der Waals surface area contributed by atoms with Gasteiger partial charge in [-0.3, -0.25) is 4.79 Å². The van der Waals surface area contributed by atoms with Gasteiger partial charge in [-0.25, -0.2) is 4.39 Å². The van der Waals surface area contributed by atoms with Crippen LogP contribution in [0.3, 0.4) is 0 Å². The molecule has 0 radical (unpaired) electrons. The maximum atomic E-state index is 12.9. The van der Waals surface area contributed by atoms with Crippen LogP contribution in [-0.4, -0.2) is 28.3 Å². The fourth-order valence-electron chi connectivity index (χ4n) is 2.66. The molecule has 1 aliphatic rings. The Bertz CT molecular complexity index is 808. The number of benzene rings is 2. The topological polar surface area (TPSA) is 62.1 Å². The third kappa shape index (κ3) is 3.65. The molecule has 130 valence electrons. The van der Waals surface area contributed by atoms with Crippen LogP contribution in [0.2, 0.25) is 5.02 Å². The molecule has 0 spiro atoms. The van der Waals surface area contributed by atoms with Crippen molar-refractivity contribution < 1.29 is 19.0 Å². The van der Waals surface area contributed by atoms with Crippen LogP contribution in [0.25, 0.3) is 0 Å². The van der Waals surface area contributed by atoms with Crippen molar-refractivity contribution in [2.45, 2.75) is 19.1 Å². The zero-order chi connectivity index (χ0) is 18.0. The number of hydrogen-bond acceptors (Lipinski definition) is 4. The van der Waals surface area contributed by atoms with Gasteiger partial charge in [-0.1, -0.05) is 23.7 Å². The van der Waals surface area contributed by atoms with Crippen LogP contribution in [0.15, 0.2) is 53.6 Å². The normalized spacial score (nSPS) is 19.7. The van der Waals surface area contributed by atoms with Gasteiger partial charge < -0.3 is 9.84 Å². The fraction of sp³-hybridized carbons (Fsp3) is 0.222. The predicted octanol–water partition coefficient (Wildman–Crippen LogP) is 3.31. The minimum absolute atomic E-state index is 0.191. The van der Waals surface area contributed by atoms with E-state index in [0.717, 1.165) is 5.01 Å². The van der Waals surface area contributed by atoms with E-state index in [0.29, 0.717) is 22.0 Å². The summed E-state index contributed by atoms with van der Waals surface area (Å²) >= 11 is 5.88. The van der Waals surface area contributed by atoms with Crippen LogP contribution < -0.4 is 4.74 Å². The molecular weight excluding hydrogens is 347 g/mol. The van der Waals surface area contributed by atoms with Gasteiger partial charge in [0.15, 0.2) is 12.3 Å². The van der Waals surface area contributed by atoms with E-state index in [9.17, 15) is 14.3 Å². The highest BCUT2D eigenvalue weighted by molar-refractivity contribution is 6.30.